The van der Waals surface area contributed by atoms with Gasteiger partial charge in [0.1, 0.15) is 17.3 Å². The highest BCUT2D eigenvalue weighted by Crippen LogP contribution is 2.35. The molecule has 4 rings (SSSR count). The fourth-order valence-corrected chi connectivity index (χ4v) is 2.89. The molecule has 104 valence electrons. The number of hydrogen-bond acceptors (Lipinski definition) is 2. The Balaban J connectivity index is 1.76. The maximum Gasteiger partial charge on any atom is 0.134 e. The number of para-hydroxylation sites is 1. The van der Waals surface area contributed by atoms with Crippen LogP contribution < -0.4 is 4.74 Å². The van der Waals surface area contributed by atoms with Gasteiger partial charge in [0, 0.05) is 47.8 Å². The standard InChI is InChI=1S/C18H15NO2/c1-19-11-13(16-4-2-3-5-17(16)19)9-15-8-12-6-7-14(20)10-18(12)21-15/h2-7,9-11,20H,8H2,1H3/b15-9-. The van der Waals surface area contributed by atoms with Crippen molar-refractivity contribution in [3.63, 3.8) is 0 Å². The molecule has 0 bridgehead atoms. The zero-order chi connectivity index (χ0) is 14.4. The van der Waals surface area contributed by atoms with Gasteiger partial charge in [-0.3, -0.25) is 0 Å². The van der Waals surface area contributed by atoms with E-state index in [1.54, 1.807) is 12.1 Å². The van der Waals surface area contributed by atoms with Gasteiger partial charge < -0.3 is 14.4 Å². The van der Waals surface area contributed by atoms with E-state index in [1.165, 1.54) is 10.9 Å². The second kappa shape index (κ2) is 4.42. The number of allylic oxidation sites excluding steroid dienone is 1. The lowest BCUT2D eigenvalue weighted by Crippen LogP contribution is -1.87. The van der Waals surface area contributed by atoms with Gasteiger partial charge in [0.2, 0.25) is 0 Å². The number of benzene rings is 2. The quantitative estimate of drug-likeness (QED) is 0.733. The Bertz CT molecular complexity index is 874. The van der Waals surface area contributed by atoms with Crippen molar-refractivity contribution in [1.29, 1.82) is 0 Å². The Morgan fingerprint density at radius 1 is 1.19 bits per heavy atom. The van der Waals surface area contributed by atoms with E-state index in [2.05, 4.69) is 29.0 Å². The lowest BCUT2D eigenvalue weighted by atomic mass is 10.1. The third-order valence-electron chi connectivity index (χ3n) is 3.90. The minimum Gasteiger partial charge on any atom is -0.508 e. The summed E-state index contributed by atoms with van der Waals surface area (Å²) in [4.78, 5) is 0. The molecule has 3 aromatic rings. The van der Waals surface area contributed by atoms with Gasteiger partial charge in [-0.15, -0.1) is 0 Å². The number of nitrogens with zero attached hydrogens (tertiary/aromatic N) is 1. The Morgan fingerprint density at radius 3 is 2.95 bits per heavy atom. The van der Waals surface area contributed by atoms with E-state index in [-0.39, 0.29) is 5.75 Å². The van der Waals surface area contributed by atoms with Crippen LogP contribution in [-0.2, 0) is 13.5 Å². The van der Waals surface area contributed by atoms with Crippen LogP contribution in [-0.4, -0.2) is 9.67 Å². The van der Waals surface area contributed by atoms with Crippen LogP contribution in [0, 0.1) is 0 Å². The van der Waals surface area contributed by atoms with E-state index >= 15 is 0 Å². The molecule has 3 nitrogen and oxygen atoms in total. The third-order valence-corrected chi connectivity index (χ3v) is 3.90. The fraction of sp³-hybridized carbons (Fsp3) is 0.111. The predicted molar refractivity (Wildman–Crippen MR) is 83.3 cm³/mol. The number of phenolic OH excluding ortho intramolecular Hbond substituents is 1. The van der Waals surface area contributed by atoms with Crippen LogP contribution in [0.5, 0.6) is 11.5 Å². The first-order valence-corrected chi connectivity index (χ1v) is 6.95. The summed E-state index contributed by atoms with van der Waals surface area (Å²) in [6.45, 7) is 0. The monoisotopic (exact) mass is 277 g/mol. The molecule has 1 aliphatic heterocycles. The summed E-state index contributed by atoms with van der Waals surface area (Å²) in [5.41, 5.74) is 3.47. The van der Waals surface area contributed by atoms with Crippen molar-refractivity contribution in [3.8, 4) is 11.5 Å². The first-order valence-electron chi connectivity index (χ1n) is 6.95. The van der Waals surface area contributed by atoms with Gasteiger partial charge in [-0.1, -0.05) is 24.3 Å². The molecule has 0 amide bonds. The van der Waals surface area contributed by atoms with Gasteiger partial charge in [0.05, 0.1) is 0 Å². The van der Waals surface area contributed by atoms with Crippen LogP contribution in [0.1, 0.15) is 11.1 Å². The molecule has 0 atom stereocenters. The van der Waals surface area contributed by atoms with E-state index in [1.807, 2.05) is 25.2 Å². The van der Waals surface area contributed by atoms with Crippen LogP contribution in [0.15, 0.2) is 54.4 Å². The molecule has 0 saturated carbocycles. The number of phenols is 1. The lowest BCUT2D eigenvalue weighted by Gasteiger charge is -1.99. The van der Waals surface area contributed by atoms with Crippen molar-refractivity contribution in [2.75, 3.05) is 0 Å². The average Bonchev–Trinajstić information content (AvgIpc) is 3.01. The lowest BCUT2D eigenvalue weighted by molar-refractivity contribution is 0.440. The third kappa shape index (κ3) is 1.98. The molecule has 2 aromatic carbocycles. The highest BCUT2D eigenvalue weighted by Gasteiger charge is 2.18. The first-order chi connectivity index (χ1) is 10.2. The summed E-state index contributed by atoms with van der Waals surface area (Å²) in [6.07, 6.45) is 4.96. The number of aromatic hydroxyl groups is 1. The molecule has 1 aliphatic rings. The average molecular weight is 277 g/mol. The summed E-state index contributed by atoms with van der Waals surface area (Å²) in [5.74, 6) is 1.90. The number of ether oxygens (including phenoxy) is 1. The number of fused-ring (bicyclic) bond motifs is 2. The highest BCUT2D eigenvalue weighted by atomic mass is 16.5. The maximum absolute atomic E-state index is 9.51. The zero-order valence-electron chi connectivity index (χ0n) is 11.7. The molecular weight excluding hydrogens is 262 g/mol. The van der Waals surface area contributed by atoms with E-state index in [4.69, 9.17) is 4.74 Å². The van der Waals surface area contributed by atoms with Gasteiger partial charge in [-0.25, -0.2) is 0 Å². The second-order valence-corrected chi connectivity index (χ2v) is 5.39. The number of aromatic nitrogens is 1. The number of hydrogen-bond donors (Lipinski definition) is 1. The first kappa shape index (κ1) is 12.1. The molecule has 2 heterocycles. The van der Waals surface area contributed by atoms with Crippen molar-refractivity contribution in [2.24, 2.45) is 7.05 Å². The van der Waals surface area contributed by atoms with E-state index in [0.717, 1.165) is 29.1 Å². The summed E-state index contributed by atoms with van der Waals surface area (Å²) < 4.78 is 7.96. The van der Waals surface area contributed by atoms with Gasteiger partial charge in [-0.05, 0) is 18.2 Å². The molecule has 0 spiro atoms. The molecule has 0 unspecified atom stereocenters. The molecule has 3 heteroatoms. The highest BCUT2D eigenvalue weighted by molar-refractivity contribution is 5.89. The topological polar surface area (TPSA) is 34.4 Å². The van der Waals surface area contributed by atoms with Gasteiger partial charge in [0.15, 0.2) is 0 Å². The Kier molecular flexibility index (Phi) is 2.54. The molecule has 0 fully saturated rings. The van der Waals surface area contributed by atoms with E-state index in [0.29, 0.717) is 0 Å². The number of rotatable bonds is 1. The summed E-state index contributed by atoms with van der Waals surface area (Å²) >= 11 is 0. The van der Waals surface area contributed by atoms with Crippen molar-refractivity contribution < 1.29 is 9.84 Å². The zero-order valence-corrected chi connectivity index (χ0v) is 11.7. The van der Waals surface area contributed by atoms with E-state index in [9.17, 15) is 5.11 Å². The molecule has 0 saturated heterocycles. The van der Waals surface area contributed by atoms with Gasteiger partial charge in [0.25, 0.3) is 0 Å². The molecule has 0 radical (unpaired) electrons. The predicted octanol–water partition coefficient (Wildman–Crippen LogP) is 3.86. The maximum atomic E-state index is 9.51. The van der Waals surface area contributed by atoms with Crippen molar-refractivity contribution in [2.45, 2.75) is 6.42 Å². The summed E-state index contributed by atoms with van der Waals surface area (Å²) in [6, 6.07) is 13.6. The van der Waals surface area contributed by atoms with E-state index < -0.39 is 0 Å². The Morgan fingerprint density at radius 2 is 2.05 bits per heavy atom. The smallest absolute Gasteiger partial charge is 0.134 e. The van der Waals surface area contributed by atoms with Crippen LogP contribution in [0.4, 0.5) is 0 Å². The second-order valence-electron chi connectivity index (χ2n) is 5.39. The van der Waals surface area contributed by atoms with Crippen LogP contribution in [0.25, 0.3) is 17.0 Å². The van der Waals surface area contributed by atoms with Gasteiger partial charge >= 0.3 is 0 Å². The molecular formula is C18H15NO2. The normalized spacial score (nSPS) is 15.4. The van der Waals surface area contributed by atoms with Gasteiger partial charge in [-0.2, -0.15) is 0 Å². The van der Waals surface area contributed by atoms with Crippen molar-refractivity contribution in [1.82, 2.24) is 4.57 Å². The molecule has 1 aromatic heterocycles. The van der Waals surface area contributed by atoms with Crippen LogP contribution in [0.3, 0.4) is 0 Å². The minimum atomic E-state index is 0.236. The molecule has 0 aliphatic carbocycles. The van der Waals surface area contributed by atoms with Crippen molar-refractivity contribution >= 4 is 17.0 Å². The Labute approximate surface area is 122 Å². The SMILES string of the molecule is Cn1cc(/C=C2/Cc3ccc(O)cc3O2)c2ccccc21. The molecule has 1 N–H and O–H groups in total. The van der Waals surface area contributed by atoms with Crippen LogP contribution in [0.2, 0.25) is 0 Å². The minimum absolute atomic E-state index is 0.236. The summed E-state index contributed by atoms with van der Waals surface area (Å²) in [7, 11) is 2.05. The fourth-order valence-electron chi connectivity index (χ4n) is 2.89. The van der Waals surface area contributed by atoms with Crippen molar-refractivity contribution in [3.05, 3.63) is 65.5 Å². The molecule has 21 heavy (non-hydrogen) atoms. The Hall–Kier alpha value is -2.68. The largest absolute Gasteiger partial charge is 0.508 e. The number of aryl methyl sites for hydroxylation is 1. The summed E-state index contributed by atoms with van der Waals surface area (Å²) in [5, 5.41) is 10.7. The van der Waals surface area contributed by atoms with Crippen LogP contribution >= 0.6 is 0 Å².